The van der Waals surface area contributed by atoms with E-state index in [4.69, 9.17) is 28.5 Å². The number of benzene rings is 2. The quantitative estimate of drug-likeness (QED) is 0.735. The molecule has 0 unspecified atom stereocenters. The molecule has 0 aliphatic rings. The third kappa shape index (κ3) is 2.58. The second-order valence-electron chi connectivity index (χ2n) is 3.46. The zero-order valence-electron chi connectivity index (χ0n) is 8.55. The average Bonchev–Trinajstić information content (AvgIpc) is 2.28. The lowest BCUT2D eigenvalue weighted by Crippen LogP contribution is -1.84. The summed E-state index contributed by atoms with van der Waals surface area (Å²) in [6, 6.07) is 11.0. The highest BCUT2D eigenvalue weighted by atomic mass is 35.5. The minimum Gasteiger partial charge on any atom is -0.207 e. The van der Waals surface area contributed by atoms with Gasteiger partial charge in [0.15, 0.2) is 0 Å². The van der Waals surface area contributed by atoms with Crippen LogP contribution in [0.5, 0.6) is 0 Å². The summed E-state index contributed by atoms with van der Waals surface area (Å²) >= 11 is 11.8. The standard InChI is InChI=1S/C13H6Cl2FN/c14-10-4-8(7-17)3-9(5-10)12-2-1-11(16)6-13(12)15/h1-6H. The van der Waals surface area contributed by atoms with E-state index in [1.165, 1.54) is 12.1 Å². The van der Waals surface area contributed by atoms with Crippen LogP contribution in [0, 0.1) is 17.1 Å². The number of rotatable bonds is 1. The van der Waals surface area contributed by atoms with Crippen LogP contribution in [0.3, 0.4) is 0 Å². The first kappa shape index (κ1) is 11.9. The Balaban J connectivity index is 2.61. The molecule has 4 heteroatoms. The van der Waals surface area contributed by atoms with Crippen molar-refractivity contribution in [2.75, 3.05) is 0 Å². The van der Waals surface area contributed by atoms with Gasteiger partial charge < -0.3 is 0 Å². The van der Waals surface area contributed by atoms with Crippen LogP contribution in [0.2, 0.25) is 10.0 Å². The molecule has 0 spiro atoms. The summed E-state index contributed by atoms with van der Waals surface area (Å²) in [6.07, 6.45) is 0. The van der Waals surface area contributed by atoms with Gasteiger partial charge in [-0.3, -0.25) is 0 Å². The molecule has 0 aliphatic carbocycles. The summed E-state index contributed by atoms with van der Waals surface area (Å²) in [4.78, 5) is 0. The molecular formula is C13H6Cl2FN. The zero-order chi connectivity index (χ0) is 12.4. The first-order valence-corrected chi connectivity index (χ1v) is 5.52. The third-order valence-electron chi connectivity index (χ3n) is 2.27. The van der Waals surface area contributed by atoms with Crippen molar-refractivity contribution in [3.05, 3.63) is 57.8 Å². The summed E-state index contributed by atoms with van der Waals surface area (Å²) in [5.74, 6) is -0.402. The third-order valence-corrected chi connectivity index (χ3v) is 2.80. The fraction of sp³-hybridized carbons (Fsp3) is 0. The maximum atomic E-state index is 12.9. The van der Waals surface area contributed by atoms with E-state index in [0.29, 0.717) is 21.7 Å². The Labute approximate surface area is 108 Å². The van der Waals surface area contributed by atoms with Gasteiger partial charge in [-0.05, 0) is 42.0 Å². The zero-order valence-corrected chi connectivity index (χ0v) is 10.1. The molecule has 84 valence electrons. The second kappa shape index (κ2) is 4.75. The number of hydrogen-bond donors (Lipinski definition) is 0. The number of hydrogen-bond acceptors (Lipinski definition) is 1. The van der Waals surface area contributed by atoms with E-state index in [1.807, 2.05) is 6.07 Å². The highest BCUT2D eigenvalue weighted by molar-refractivity contribution is 6.33. The first-order valence-electron chi connectivity index (χ1n) is 4.76. The lowest BCUT2D eigenvalue weighted by molar-refractivity contribution is 0.628. The maximum absolute atomic E-state index is 12.9. The van der Waals surface area contributed by atoms with E-state index in [0.717, 1.165) is 0 Å². The van der Waals surface area contributed by atoms with E-state index < -0.39 is 5.82 Å². The molecule has 1 nitrogen and oxygen atoms in total. The van der Waals surface area contributed by atoms with E-state index in [9.17, 15) is 4.39 Å². The van der Waals surface area contributed by atoms with Gasteiger partial charge in [-0.15, -0.1) is 0 Å². The van der Waals surface area contributed by atoms with Crippen molar-refractivity contribution in [2.24, 2.45) is 0 Å². The summed E-state index contributed by atoms with van der Waals surface area (Å²) in [6.45, 7) is 0. The Morgan fingerprint density at radius 2 is 1.82 bits per heavy atom. The minimum absolute atomic E-state index is 0.288. The summed E-state index contributed by atoms with van der Waals surface area (Å²) in [5, 5.41) is 9.58. The Bertz CT molecular complexity index is 617. The molecule has 0 aromatic heterocycles. The molecule has 2 rings (SSSR count). The normalized spacial score (nSPS) is 10.0. The van der Waals surface area contributed by atoms with Gasteiger partial charge in [0.2, 0.25) is 0 Å². The predicted octanol–water partition coefficient (Wildman–Crippen LogP) is 4.67. The van der Waals surface area contributed by atoms with E-state index in [1.54, 1.807) is 24.3 Å². The van der Waals surface area contributed by atoms with Crippen LogP contribution >= 0.6 is 23.2 Å². The summed E-state index contributed by atoms with van der Waals surface area (Å²) in [7, 11) is 0. The SMILES string of the molecule is N#Cc1cc(Cl)cc(-c2ccc(F)cc2Cl)c1. The van der Waals surface area contributed by atoms with Crippen LogP contribution in [0.1, 0.15) is 5.56 Å². The van der Waals surface area contributed by atoms with Gasteiger partial charge in [-0.25, -0.2) is 4.39 Å². The molecule has 0 amide bonds. The molecule has 0 radical (unpaired) electrons. The molecule has 0 heterocycles. The number of nitriles is 1. The van der Waals surface area contributed by atoms with Crippen LogP contribution in [-0.4, -0.2) is 0 Å². The van der Waals surface area contributed by atoms with E-state index in [-0.39, 0.29) is 5.02 Å². The van der Waals surface area contributed by atoms with E-state index in [2.05, 4.69) is 0 Å². The molecule has 0 atom stereocenters. The van der Waals surface area contributed by atoms with Crippen molar-refractivity contribution < 1.29 is 4.39 Å². The van der Waals surface area contributed by atoms with Gasteiger partial charge in [-0.2, -0.15) is 5.26 Å². The van der Waals surface area contributed by atoms with Crippen LogP contribution in [0.15, 0.2) is 36.4 Å². The van der Waals surface area contributed by atoms with Crippen molar-refractivity contribution in [1.82, 2.24) is 0 Å². The van der Waals surface area contributed by atoms with Gasteiger partial charge in [0.1, 0.15) is 5.82 Å². The molecule has 17 heavy (non-hydrogen) atoms. The lowest BCUT2D eigenvalue weighted by Gasteiger charge is -2.05. The first-order chi connectivity index (χ1) is 8.10. The van der Waals surface area contributed by atoms with Crippen LogP contribution in [0.4, 0.5) is 4.39 Å². The molecule has 0 fully saturated rings. The van der Waals surface area contributed by atoms with Gasteiger partial charge in [0.05, 0.1) is 16.7 Å². The van der Waals surface area contributed by atoms with Crippen molar-refractivity contribution >= 4 is 23.2 Å². The molecule has 2 aromatic carbocycles. The van der Waals surface area contributed by atoms with Crippen LogP contribution in [-0.2, 0) is 0 Å². The Kier molecular flexibility index (Phi) is 3.33. The van der Waals surface area contributed by atoms with Crippen molar-refractivity contribution in [3.63, 3.8) is 0 Å². The molecule has 0 saturated carbocycles. The van der Waals surface area contributed by atoms with Gasteiger partial charge >= 0.3 is 0 Å². The van der Waals surface area contributed by atoms with Crippen molar-refractivity contribution in [1.29, 1.82) is 5.26 Å². The average molecular weight is 266 g/mol. The second-order valence-corrected chi connectivity index (χ2v) is 4.31. The smallest absolute Gasteiger partial charge is 0.124 e. The molecule has 0 N–H and O–H groups in total. The predicted molar refractivity (Wildman–Crippen MR) is 66.6 cm³/mol. The molecule has 0 bridgehead atoms. The summed E-state index contributed by atoms with van der Waals surface area (Å²) < 4.78 is 12.9. The molecular weight excluding hydrogens is 260 g/mol. The molecule has 0 aliphatic heterocycles. The van der Waals surface area contributed by atoms with Gasteiger partial charge in [0, 0.05) is 10.6 Å². The Morgan fingerprint density at radius 1 is 1.06 bits per heavy atom. The lowest BCUT2D eigenvalue weighted by atomic mass is 10.0. The Morgan fingerprint density at radius 3 is 2.47 bits per heavy atom. The fourth-order valence-electron chi connectivity index (χ4n) is 1.53. The number of nitrogens with zero attached hydrogens (tertiary/aromatic N) is 1. The monoisotopic (exact) mass is 265 g/mol. The largest absolute Gasteiger partial charge is 0.207 e. The van der Waals surface area contributed by atoms with Gasteiger partial charge in [-0.1, -0.05) is 23.2 Å². The number of halogens is 3. The maximum Gasteiger partial charge on any atom is 0.124 e. The van der Waals surface area contributed by atoms with E-state index >= 15 is 0 Å². The van der Waals surface area contributed by atoms with Crippen molar-refractivity contribution in [3.8, 4) is 17.2 Å². The van der Waals surface area contributed by atoms with Crippen LogP contribution < -0.4 is 0 Å². The summed E-state index contributed by atoms with van der Waals surface area (Å²) in [5.41, 5.74) is 1.78. The minimum atomic E-state index is -0.402. The fourth-order valence-corrected chi connectivity index (χ4v) is 2.04. The molecule has 0 saturated heterocycles. The van der Waals surface area contributed by atoms with Gasteiger partial charge in [0.25, 0.3) is 0 Å². The van der Waals surface area contributed by atoms with Crippen LogP contribution in [0.25, 0.3) is 11.1 Å². The molecule has 2 aromatic rings. The highest BCUT2D eigenvalue weighted by Crippen LogP contribution is 2.31. The van der Waals surface area contributed by atoms with Crippen molar-refractivity contribution in [2.45, 2.75) is 0 Å². The topological polar surface area (TPSA) is 23.8 Å². The highest BCUT2D eigenvalue weighted by Gasteiger charge is 2.07. The Hall–Kier alpha value is -1.56.